The number of aromatic nitrogens is 3. The molecule has 2 N–H and O–H groups in total. The van der Waals surface area contributed by atoms with E-state index < -0.39 is 28.8 Å². The van der Waals surface area contributed by atoms with Crippen molar-refractivity contribution in [2.45, 2.75) is 51.8 Å². The second kappa shape index (κ2) is 8.45. The zero-order chi connectivity index (χ0) is 25.9. The average Bonchev–Trinajstić information content (AvgIpc) is 3.37. The third-order valence-corrected chi connectivity index (χ3v) is 6.80. The van der Waals surface area contributed by atoms with Crippen molar-refractivity contribution in [3.63, 3.8) is 0 Å². The van der Waals surface area contributed by atoms with Crippen LogP contribution in [-0.4, -0.2) is 61.2 Å². The molecule has 0 bridgehead atoms. The number of rotatable bonds is 5. The Morgan fingerprint density at radius 1 is 1.42 bits per heavy atom. The van der Waals surface area contributed by atoms with E-state index in [1.165, 1.54) is 15.7 Å². The Labute approximate surface area is 211 Å². The maximum Gasteiger partial charge on any atom is 0.278 e. The molecular formula is C24H25ClN6O5. The summed E-state index contributed by atoms with van der Waals surface area (Å²) in [5.74, 6) is -2.94. The highest BCUT2D eigenvalue weighted by molar-refractivity contribution is 6.31. The Morgan fingerprint density at radius 3 is 2.86 bits per heavy atom. The minimum absolute atomic E-state index is 0.0246. The van der Waals surface area contributed by atoms with E-state index in [0.717, 1.165) is 11.0 Å². The summed E-state index contributed by atoms with van der Waals surface area (Å²) in [4.78, 5) is 49.1. The van der Waals surface area contributed by atoms with Gasteiger partial charge in [-0.15, -0.1) is 0 Å². The van der Waals surface area contributed by atoms with E-state index >= 15 is 0 Å². The van der Waals surface area contributed by atoms with Gasteiger partial charge in [0, 0.05) is 17.3 Å². The predicted molar refractivity (Wildman–Crippen MR) is 133 cm³/mol. The molecule has 3 aromatic rings. The van der Waals surface area contributed by atoms with Crippen LogP contribution in [0.4, 0.5) is 0 Å². The molecule has 11 nitrogen and oxygen atoms in total. The Hall–Kier alpha value is -3.70. The van der Waals surface area contributed by atoms with Gasteiger partial charge in [-0.1, -0.05) is 11.6 Å². The molecule has 0 spiro atoms. The number of pyridine rings is 1. The lowest BCUT2D eigenvalue weighted by Crippen LogP contribution is -2.57. The molecule has 12 heteroatoms. The molecule has 0 unspecified atom stereocenters. The molecule has 4 heterocycles. The Balaban J connectivity index is 1.48. The molecule has 36 heavy (non-hydrogen) atoms. The van der Waals surface area contributed by atoms with E-state index in [2.05, 4.69) is 22.0 Å². The predicted octanol–water partition coefficient (Wildman–Crippen LogP) is 2.30. The second-order valence-electron chi connectivity index (χ2n) is 9.24. The minimum Gasteiger partial charge on any atom is -0.503 e. The Morgan fingerprint density at radius 2 is 2.17 bits per heavy atom. The summed E-state index contributed by atoms with van der Waals surface area (Å²) in [6.07, 6.45) is 1.24. The number of imidazole rings is 1. The summed E-state index contributed by atoms with van der Waals surface area (Å²) in [5, 5.41) is 13.9. The van der Waals surface area contributed by atoms with Crippen molar-refractivity contribution >= 4 is 41.2 Å². The zero-order valence-electron chi connectivity index (χ0n) is 20.0. The summed E-state index contributed by atoms with van der Waals surface area (Å²) in [5.41, 5.74) is 0.0667. The third-order valence-electron chi connectivity index (χ3n) is 6.57. The summed E-state index contributed by atoms with van der Waals surface area (Å²) >= 11 is 6.16. The van der Waals surface area contributed by atoms with Crippen LogP contribution < -0.4 is 10.7 Å². The number of hydrogen-bond donors (Lipinski definition) is 2. The zero-order valence-corrected chi connectivity index (χ0v) is 20.7. The molecule has 1 saturated heterocycles. The van der Waals surface area contributed by atoms with Crippen molar-refractivity contribution in [3.05, 3.63) is 56.7 Å². The summed E-state index contributed by atoms with van der Waals surface area (Å²) in [6.45, 7) is 9.52. The number of halogens is 1. The van der Waals surface area contributed by atoms with Gasteiger partial charge in [-0.25, -0.2) is 9.98 Å². The van der Waals surface area contributed by atoms with Crippen LogP contribution >= 0.6 is 11.6 Å². The number of nitrogens with one attached hydrogen (secondary N) is 1. The first-order valence-corrected chi connectivity index (χ1v) is 11.8. The number of aliphatic imine (C=N–C) groups is 1. The van der Waals surface area contributed by atoms with Gasteiger partial charge in [0.05, 0.1) is 36.8 Å². The molecule has 2 aromatic heterocycles. The molecular weight excluding hydrogens is 488 g/mol. The van der Waals surface area contributed by atoms with Gasteiger partial charge in [0.25, 0.3) is 17.7 Å². The lowest BCUT2D eigenvalue weighted by Gasteiger charge is -2.40. The van der Waals surface area contributed by atoms with Crippen LogP contribution in [-0.2, 0) is 17.8 Å². The van der Waals surface area contributed by atoms with Crippen molar-refractivity contribution in [1.82, 2.24) is 24.3 Å². The van der Waals surface area contributed by atoms with E-state index in [-0.39, 0.29) is 43.0 Å². The molecule has 1 fully saturated rings. The first-order chi connectivity index (χ1) is 17.1. The lowest BCUT2D eigenvalue weighted by atomic mass is 10.1. The summed E-state index contributed by atoms with van der Waals surface area (Å²) in [7, 11) is 0. The molecule has 2 atom stereocenters. The van der Waals surface area contributed by atoms with Gasteiger partial charge in [0.15, 0.2) is 11.4 Å². The molecule has 188 valence electrons. The van der Waals surface area contributed by atoms with Gasteiger partial charge in [0.2, 0.25) is 5.43 Å². The Kier molecular flexibility index (Phi) is 5.64. The van der Waals surface area contributed by atoms with Gasteiger partial charge < -0.3 is 24.3 Å². The van der Waals surface area contributed by atoms with Gasteiger partial charge in [-0.05, 0) is 45.7 Å². The van der Waals surface area contributed by atoms with Crippen molar-refractivity contribution < 1.29 is 19.4 Å². The maximum absolute atomic E-state index is 13.2. The second-order valence-corrected chi connectivity index (χ2v) is 9.68. The average molecular weight is 513 g/mol. The summed E-state index contributed by atoms with van der Waals surface area (Å²) in [6, 6.07) is 5.04. The van der Waals surface area contributed by atoms with Crippen LogP contribution in [0.5, 0.6) is 5.75 Å². The number of carbonyl (C=O) groups excluding carboxylic acids is 2. The van der Waals surface area contributed by atoms with Gasteiger partial charge in [0.1, 0.15) is 11.4 Å². The van der Waals surface area contributed by atoms with Gasteiger partial charge in [-0.3, -0.25) is 19.3 Å². The van der Waals surface area contributed by atoms with Crippen molar-refractivity contribution in [2.24, 2.45) is 4.99 Å². The first kappa shape index (κ1) is 24.0. The third kappa shape index (κ3) is 3.49. The molecule has 2 amide bonds. The van der Waals surface area contributed by atoms with Crippen LogP contribution in [0.15, 0.2) is 34.2 Å². The standard InChI is InChI=1S/C24H25ClN6O5/c1-12(2)30-17-7-14(25)5-6-16(17)28-18(30)8-27-22(34)15-9-29-11-24(26-4)31(13(3)10-36-24)23(35)19(29)21(33)20(15)32/h5-7,9,12-13,33H,4,8,10-11H2,1-3H3,(H,27,34)/t13-,24-/m0/s1. The number of amides is 2. The van der Waals surface area contributed by atoms with Crippen LogP contribution in [0.3, 0.4) is 0 Å². The molecule has 1 aromatic carbocycles. The molecule has 0 aliphatic carbocycles. The number of nitrogens with zero attached hydrogens (tertiary/aromatic N) is 5. The van der Waals surface area contributed by atoms with E-state index in [4.69, 9.17) is 16.3 Å². The molecule has 0 saturated carbocycles. The number of aromatic hydroxyl groups is 1. The van der Waals surface area contributed by atoms with Crippen LogP contribution in [0.2, 0.25) is 5.02 Å². The first-order valence-electron chi connectivity index (χ1n) is 11.4. The number of hydrogen-bond acceptors (Lipinski definition) is 7. The normalized spacial score (nSPS) is 21.1. The van der Waals surface area contributed by atoms with E-state index in [9.17, 15) is 19.5 Å². The Bertz CT molecular complexity index is 1490. The van der Waals surface area contributed by atoms with Crippen LogP contribution in [0.25, 0.3) is 11.0 Å². The maximum atomic E-state index is 13.2. The molecule has 0 radical (unpaired) electrons. The molecule has 2 aliphatic rings. The van der Waals surface area contributed by atoms with Crippen LogP contribution in [0, 0.1) is 0 Å². The number of carbonyl (C=O) groups is 2. The minimum atomic E-state index is -1.37. The fourth-order valence-corrected chi connectivity index (χ4v) is 5.13. The summed E-state index contributed by atoms with van der Waals surface area (Å²) < 4.78 is 9.03. The SMILES string of the molecule is C=N[C@@]12Cn3cc(C(=O)NCc4nc5ccc(Cl)cc5n4C(C)C)c(=O)c(O)c3C(=O)N1[C@@H](C)CO2. The van der Waals surface area contributed by atoms with Crippen molar-refractivity contribution in [3.8, 4) is 5.75 Å². The van der Waals surface area contributed by atoms with Gasteiger partial charge >= 0.3 is 0 Å². The highest BCUT2D eigenvalue weighted by atomic mass is 35.5. The topological polar surface area (TPSA) is 131 Å². The number of ether oxygens (including phenoxy) is 1. The van der Waals surface area contributed by atoms with Crippen LogP contribution in [0.1, 0.15) is 53.5 Å². The lowest BCUT2D eigenvalue weighted by molar-refractivity contribution is -0.0821. The number of fused-ring (bicyclic) bond motifs is 3. The molecule has 5 rings (SSSR count). The molecule has 2 aliphatic heterocycles. The van der Waals surface area contributed by atoms with E-state index in [1.807, 2.05) is 18.4 Å². The quantitative estimate of drug-likeness (QED) is 0.504. The number of benzene rings is 1. The smallest absolute Gasteiger partial charge is 0.278 e. The highest BCUT2D eigenvalue weighted by Gasteiger charge is 2.53. The highest BCUT2D eigenvalue weighted by Crippen LogP contribution is 2.37. The monoisotopic (exact) mass is 512 g/mol. The van der Waals surface area contributed by atoms with Crippen molar-refractivity contribution in [2.75, 3.05) is 6.61 Å². The van der Waals surface area contributed by atoms with E-state index in [0.29, 0.717) is 10.8 Å². The van der Waals surface area contributed by atoms with Crippen molar-refractivity contribution in [1.29, 1.82) is 0 Å². The van der Waals surface area contributed by atoms with E-state index in [1.54, 1.807) is 25.1 Å². The fraction of sp³-hybridized carbons (Fsp3) is 0.375. The largest absolute Gasteiger partial charge is 0.503 e. The fourth-order valence-electron chi connectivity index (χ4n) is 4.96. The van der Waals surface area contributed by atoms with Gasteiger partial charge in [-0.2, -0.15) is 0 Å².